The van der Waals surface area contributed by atoms with E-state index in [1.807, 2.05) is 62.4 Å². The Balaban J connectivity index is 2.07. The van der Waals surface area contributed by atoms with Crippen molar-refractivity contribution in [3.05, 3.63) is 59.7 Å². The number of carbonyl (C=O) groups is 1. The van der Waals surface area contributed by atoms with Gasteiger partial charge in [-0.1, -0.05) is 24.3 Å². The molecule has 5 nitrogen and oxygen atoms in total. The largest absolute Gasteiger partial charge is 0.510 e. The highest BCUT2D eigenvalue weighted by atomic mass is 16.8. The van der Waals surface area contributed by atoms with Crippen LogP contribution < -0.4 is 9.47 Å². The predicted molar refractivity (Wildman–Crippen MR) is 88.3 cm³/mol. The van der Waals surface area contributed by atoms with Crippen LogP contribution in [0.2, 0.25) is 0 Å². The Morgan fingerprint density at radius 3 is 1.33 bits per heavy atom. The summed E-state index contributed by atoms with van der Waals surface area (Å²) in [5, 5.41) is 0. The third kappa shape index (κ3) is 2.37. The zero-order chi connectivity index (χ0) is 17.4. The van der Waals surface area contributed by atoms with Gasteiger partial charge in [0, 0.05) is 11.1 Å². The second kappa shape index (κ2) is 5.74. The second-order valence-corrected chi connectivity index (χ2v) is 5.98. The summed E-state index contributed by atoms with van der Waals surface area (Å²) in [7, 11) is 3.22. The van der Waals surface area contributed by atoms with Crippen molar-refractivity contribution in [3.8, 4) is 11.5 Å². The quantitative estimate of drug-likeness (QED) is 0.794. The van der Waals surface area contributed by atoms with Gasteiger partial charge in [-0.25, -0.2) is 4.79 Å². The summed E-state index contributed by atoms with van der Waals surface area (Å²) in [4.78, 5) is 12.0. The molecule has 0 N–H and O–H groups in total. The number of rotatable bonds is 4. The monoisotopic (exact) mass is 328 g/mol. The molecule has 2 atom stereocenters. The maximum Gasteiger partial charge on any atom is 0.510 e. The lowest BCUT2D eigenvalue weighted by Gasteiger charge is -2.36. The lowest BCUT2D eigenvalue weighted by molar-refractivity contribution is -0.0321. The molecule has 0 spiro atoms. The average molecular weight is 328 g/mol. The van der Waals surface area contributed by atoms with E-state index in [1.165, 1.54) is 0 Å². The summed E-state index contributed by atoms with van der Waals surface area (Å²) in [6.45, 7) is 3.70. The third-order valence-electron chi connectivity index (χ3n) is 4.77. The van der Waals surface area contributed by atoms with Gasteiger partial charge >= 0.3 is 6.16 Å². The first-order chi connectivity index (χ1) is 11.4. The normalized spacial score (nSPS) is 25.8. The summed E-state index contributed by atoms with van der Waals surface area (Å²) >= 11 is 0. The fourth-order valence-corrected chi connectivity index (χ4v) is 3.04. The topological polar surface area (TPSA) is 54.0 Å². The summed E-state index contributed by atoms with van der Waals surface area (Å²) < 4.78 is 21.6. The van der Waals surface area contributed by atoms with Gasteiger partial charge in [0.15, 0.2) is 11.2 Å². The molecule has 1 heterocycles. The van der Waals surface area contributed by atoms with Crippen molar-refractivity contribution in [2.75, 3.05) is 14.2 Å². The summed E-state index contributed by atoms with van der Waals surface area (Å²) in [5.41, 5.74) is -0.282. The first kappa shape index (κ1) is 16.2. The maximum absolute atomic E-state index is 12.0. The minimum atomic E-state index is -0.967. The van der Waals surface area contributed by atoms with E-state index in [2.05, 4.69) is 0 Å². The number of carbonyl (C=O) groups excluding carboxylic acids is 1. The van der Waals surface area contributed by atoms with Crippen LogP contribution in [0.4, 0.5) is 4.79 Å². The van der Waals surface area contributed by atoms with Crippen molar-refractivity contribution in [2.24, 2.45) is 0 Å². The predicted octanol–water partition coefficient (Wildman–Crippen LogP) is 4.00. The molecule has 0 unspecified atom stereocenters. The number of methoxy groups -OCH3 is 2. The van der Waals surface area contributed by atoms with E-state index in [-0.39, 0.29) is 0 Å². The minimum Gasteiger partial charge on any atom is -0.497 e. The lowest BCUT2D eigenvalue weighted by atomic mass is 9.76. The van der Waals surface area contributed by atoms with Crippen LogP contribution in [0.5, 0.6) is 11.5 Å². The van der Waals surface area contributed by atoms with Crippen molar-refractivity contribution in [3.63, 3.8) is 0 Å². The van der Waals surface area contributed by atoms with Crippen molar-refractivity contribution in [2.45, 2.75) is 25.0 Å². The van der Waals surface area contributed by atoms with Gasteiger partial charge in [0.25, 0.3) is 0 Å². The van der Waals surface area contributed by atoms with Crippen LogP contribution in [-0.2, 0) is 20.7 Å². The van der Waals surface area contributed by atoms with Gasteiger partial charge in [-0.2, -0.15) is 0 Å². The van der Waals surface area contributed by atoms with Gasteiger partial charge in [0.2, 0.25) is 0 Å². The molecule has 2 aromatic carbocycles. The molecular formula is C19H20O5. The first-order valence-electron chi connectivity index (χ1n) is 7.64. The van der Waals surface area contributed by atoms with Crippen molar-refractivity contribution < 1.29 is 23.7 Å². The minimum absolute atomic E-state index is 0.688. The Bertz CT molecular complexity index is 674. The van der Waals surface area contributed by atoms with E-state index >= 15 is 0 Å². The molecule has 24 heavy (non-hydrogen) atoms. The third-order valence-corrected chi connectivity index (χ3v) is 4.77. The molecular weight excluding hydrogens is 308 g/mol. The van der Waals surface area contributed by atoms with Gasteiger partial charge in [-0.05, 0) is 38.1 Å². The van der Waals surface area contributed by atoms with Gasteiger partial charge in [-0.15, -0.1) is 0 Å². The van der Waals surface area contributed by atoms with E-state index in [0.717, 1.165) is 22.6 Å². The first-order valence-corrected chi connectivity index (χ1v) is 7.64. The zero-order valence-electron chi connectivity index (χ0n) is 14.2. The number of benzene rings is 2. The molecule has 2 aromatic rings. The van der Waals surface area contributed by atoms with E-state index in [1.54, 1.807) is 14.2 Å². The summed E-state index contributed by atoms with van der Waals surface area (Å²) in [6, 6.07) is 14.8. The molecule has 0 aromatic heterocycles. The molecule has 0 amide bonds. The average Bonchev–Trinajstić information content (AvgIpc) is 2.85. The lowest BCUT2D eigenvalue weighted by Crippen LogP contribution is -2.42. The molecule has 1 aliphatic rings. The molecule has 1 aliphatic heterocycles. The smallest absolute Gasteiger partial charge is 0.497 e. The number of hydrogen-bond donors (Lipinski definition) is 0. The highest BCUT2D eigenvalue weighted by molar-refractivity contribution is 5.66. The Kier molecular flexibility index (Phi) is 3.87. The van der Waals surface area contributed by atoms with Crippen LogP contribution in [-0.4, -0.2) is 20.4 Å². The van der Waals surface area contributed by atoms with Gasteiger partial charge in [0.1, 0.15) is 11.5 Å². The fourth-order valence-electron chi connectivity index (χ4n) is 3.04. The van der Waals surface area contributed by atoms with Gasteiger partial charge in [-0.3, -0.25) is 0 Å². The number of cyclic esters (lactones) is 2. The second-order valence-electron chi connectivity index (χ2n) is 5.98. The van der Waals surface area contributed by atoms with E-state index in [0.29, 0.717) is 0 Å². The van der Waals surface area contributed by atoms with Crippen LogP contribution in [0.3, 0.4) is 0 Å². The van der Waals surface area contributed by atoms with E-state index in [9.17, 15) is 4.79 Å². The number of hydrogen-bond acceptors (Lipinski definition) is 5. The molecule has 0 bridgehead atoms. The molecule has 126 valence electrons. The van der Waals surface area contributed by atoms with E-state index < -0.39 is 17.4 Å². The number of ether oxygens (including phenoxy) is 4. The standard InChI is InChI=1S/C19H20O5/c1-18(13-5-9-15(21-3)10-6-13)19(2,24-17(20)23-18)14-7-11-16(22-4)12-8-14/h5-12H,1-4H3/t18-,19+. The van der Waals surface area contributed by atoms with Crippen molar-refractivity contribution in [1.29, 1.82) is 0 Å². The Hall–Kier alpha value is -2.69. The van der Waals surface area contributed by atoms with Crippen LogP contribution >= 0.6 is 0 Å². The van der Waals surface area contributed by atoms with Crippen LogP contribution in [0.15, 0.2) is 48.5 Å². The summed E-state index contributed by atoms with van der Waals surface area (Å²) in [5.74, 6) is 1.47. The Morgan fingerprint density at radius 1 is 0.708 bits per heavy atom. The highest BCUT2D eigenvalue weighted by Gasteiger charge is 2.59. The SMILES string of the molecule is COc1ccc([C@]2(C)OC(=O)O[C@]2(C)c2ccc(OC)cc2)cc1. The Morgan fingerprint density at radius 2 is 1.04 bits per heavy atom. The van der Waals surface area contributed by atoms with Crippen molar-refractivity contribution >= 4 is 6.16 Å². The fraction of sp³-hybridized carbons (Fsp3) is 0.316. The molecule has 1 saturated heterocycles. The van der Waals surface area contributed by atoms with Crippen LogP contribution in [0.1, 0.15) is 25.0 Å². The molecule has 0 saturated carbocycles. The van der Waals surface area contributed by atoms with Crippen molar-refractivity contribution in [1.82, 2.24) is 0 Å². The van der Waals surface area contributed by atoms with Crippen LogP contribution in [0.25, 0.3) is 0 Å². The Labute approximate surface area is 141 Å². The molecule has 5 heteroatoms. The van der Waals surface area contributed by atoms with Gasteiger partial charge < -0.3 is 18.9 Å². The van der Waals surface area contributed by atoms with E-state index in [4.69, 9.17) is 18.9 Å². The molecule has 1 fully saturated rings. The zero-order valence-corrected chi connectivity index (χ0v) is 14.2. The highest BCUT2D eigenvalue weighted by Crippen LogP contribution is 2.51. The molecule has 0 radical (unpaired) electrons. The van der Waals surface area contributed by atoms with Crippen LogP contribution in [0, 0.1) is 0 Å². The maximum atomic E-state index is 12.0. The molecule has 3 rings (SSSR count). The summed E-state index contributed by atoms with van der Waals surface area (Å²) in [6.07, 6.45) is -0.688. The molecule has 0 aliphatic carbocycles. The van der Waals surface area contributed by atoms with Gasteiger partial charge in [0.05, 0.1) is 14.2 Å².